The molecule has 10 nitrogen and oxygen atoms in total. The van der Waals surface area contributed by atoms with E-state index in [9.17, 15) is 10.2 Å². The molecule has 0 aliphatic rings. The summed E-state index contributed by atoms with van der Waals surface area (Å²) in [5.41, 5.74) is 1.52. The number of methoxy groups -OCH3 is 1. The van der Waals surface area contributed by atoms with Crippen molar-refractivity contribution in [2.75, 3.05) is 24.4 Å². The molecular weight excluding hydrogens is 350 g/mol. The third kappa shape index (κ3) is 4.00. The van der Waals surface area contributed by atoms with Crippen molar-refractivity contribution >= 4 is 22.9 Å². The Hall–Kier alpha value is -3.14. The first-order valence-electron chi connectivity index (χ1n) is 8.58. The Bertz CT molecular complexity index is 913. The number of benzene rings is 1. The number of aliphatic hydroxyl groups is 1. The van der Waals surface area contributed by atoms with E-state index in [1.54, 1.807) is 18.2 Å². The van der Waals surface area contributed by atoms with Crippen LogP contribution < -0.4 is 15.4 Å². The van der Waals surface area contributed by atoms with Gasteiger partial charge >= 0.3 is 0 Å². The van der Waals surface area contributed by atoms with Crippen molar-refractivity contribution in [1.82, 2.24) is 25.4 Å². The Kier molecular flexibility index (Phi) is 5.55. The fourth-order valence-electron chi connectivity index (χ4n) is 2.58. The van der Waals surface area contributed by atoms with Crippen LogP contribution in [0.4, 0.5) is 11.8 Å². The van der Waals surface area contributed by atoms with Gasteiger partial charge in [-0.15, -0.1) is 5.10 Å². The van der Waals surface area contributed by atoms with Gasteiger partial charge in [0.15, 0.2) is 22.8 Å². The van der Waals surface area contributed by atoms with Crippen LogP contribution in [0.15, 0.2) is 18.2 Å². The molecule has 1 aromatic carbocycles. The van der Waals surface area contributed by atoms with Crippen LogP contribution in [-0.4, -0.2) is 55.4 Å². The van der Waals surface area contributed by atoms with Gasteiger partial charge in [-0.05, 0) is 12.0 Å². The van der Waals surface area contributed by atoms with Gasteiger partial charge in [-0.3, -0.25) is 0 Å². The average Bonchev–Trinajstić information content (AvgIpc) is 3.13. The van der Waals surface area contributed by atoms with Gasteiger partial charge in [0.05, 0.1) is 19.8 Å². The maximum absolute atomic E-state index is 10.2. The number of aromatic nitrogens is 5. The van der Waals surface area contributed by atoms with Crippen molar-refractivity contribution in [2.24, 2.45) is 5.92 Å². The molecule has 1 atom stereocenters. The van der Waals surface area contributed by atoms with Gasteiger partial charge < -0.3 is 25.6 Å². The lowest BCUT2D eigenvalue weighted by molar-refractivity contribution is 0.248. The smallest absolute Gasteiger partial charge is 0.227 e. The highest BCUT2D eigenvalue weighted by Crippen LogP contribution is 2.30. The Morgan fingerprint density at radius 2 is 2.04 bits per heavy atom. The van der Waals surface area contributed by atoms with Gasteiger partial charge in [0.1, 0.15) is 0 Å². The number of hydrogen-bond donors (Lipinski definition) is 5. The minimum Gasteiger partial charge on any atom is -0.504 e. The summed E-state index contributed by atoms with van der Waals surface area (Å²) in [5.74, 6) is 1.45. The van der Waals surface area contributed by atoms with E-state index in [-0.39, 0.29) is 24.3 Å². The Balaban J connectivity index is 1.86. The molecule has 0 bridgehead atoms. The standard InChI is InChI=1S/C17H23N7O3/c1-9(2)11(8-25)19-17-20-15(13-16(21-17)23-24-22-13)18-7-10-5-4-6-12(27-3)14(10)26/h4-6,9,11,25-26H,7-8H2,1-3H3,(H3,18,19,20,21,22,23,24). The van der Waals surface area contributed by atoms with Crippen LogP contribution in [0.3, 0.4) is 0 Å². The lowest BCUT2D eigenvalue weighted by Gasteiger charge is -2.20. The molecule has 3 aromatic rings. The second-order valence-corrected chi connectivity index (χ2v) is 6.39. The van der Waals surface area contributed by atoms with Gasteiger partial charge in [-0.1, -0.05) is 26.0 Å². The summed E-state index contributed by atoms with van der Waals surface area (Å²) in [6.45, 7) is 4.24. The van der Waals surface area contributed by atoms with E-state index in [2.05, 4.69) is 36.0 Å². The summed E-state index contributed by atoms with van der Waals surface area (Å²) in [4.78, 5) is 8.77. The molecule has 0 radical (unpaired) electrons. The van der Waals surface area contributed by atoms with Crippen molar-refractivity contribution in [1.29, 1.82) is 0 Å². The van der Waals surface area contributed by atoms with Crippen LogP contribution in [0.1, 0.15) is 19.4 Å². The number of nitrogens with zero attached hydrogens (tertiary/aromatic N) is 4. The molecule has 27 heavy (non-hydrogen) atoms. The highest BCUT2D eigenvalue weighted by molar-refractivity contribution is 5.83. The molecule has 0 aliphatic carbocycles. The first kappa shape index (κ1) is 18.6. The minimum atomic E-state index is -0.190. The first-order chi connectivity index (χ1) is 13.0. The molecule has 0 saturated carbocycles. The number of aromatic amines is 1. The third-order valence-corrected chi connectivity index (χ3v) is 4.25. The third-order valence-electron chi connectivity index (χ3n) is 4.25. The zero-order chi connectivity index (χ0) is 19.4. The number of aliphatic hydroxyl groups excluding tert-OH is 1. The number of aromatic hydroxyl groups is 1. The lowest BCUT2D eigenvalue weighted by atomic mass is 10.1. The number of phenolic OH excluding ortho intramolecular Hbond substituents is 1. The van der Waals surface area contributed by atoms with E-state index in [1.807, 2.05) is 13.8 Å². The zero-order valence-electron chi connectivity index (χ0n) is 15.4. The maximum Gasteiger partial charge on any atom is 0.227 e. The van der Waals surface area contributed by atoms with Crippen molar-refractivity contribution in [3.63, 3.8) is 0 Å². The molecule has 0 saturated heterocycles. The molecule has 5 N–H and O–H groups in total. The van der Waals surface area contributed by atoms with E-state index >= 15 is 0 Å². The summed E-state index contributed by atoms with van der Waals surface area (Å²) in [7, 11) is 1.50. The monoisotopic (exact) mass is 373 g/mol. The highest BCUT2D eigenvalue weighted by atomic mass is 16.5. The molecule has 0 amide bonds. The zero-order valence-corrected chi connectivity index (χ0v) is 15.4. The van der Waals surface area contributed by atoms with E-state index in [4.69, 9.17) is 4.74 Å². The van der Waals surface area contributed by atoms with Crippen molar-refractivity contribution < 1.29 is 14.9 Å². The molecule has 2 heterocycles. The van der Waals surface area contributed by atoms with E-state index in [0.717, 1.165) is 0 Å². The second kappa shape index (κ2) is 8.04. The largest absolute Gasteiger partial charge is 0.504 e. The molecule has 3 rings (SSSR count). The van der Waals surface area contributed by atoms with Gasteiger partial charge in [0.2, 0.25) is 11.6 Å². The van der Waals surface area contributed by atoms with Crippen LogP contribution in [-0.2, 0) is 6.54 Å². The SMILES string of the molecule is COc1cccc(CNc2nc(NC(CO)C(C)C)nc3n[nH]nc23)c1O. The Labute approximate surface area is 156 Å². The van der Waals surface area contributed by atoms with Crippen LogP contribution in [0, 0.1) is 5.92 Å². The second-order valence-electron chi connectivity index (χ2n) is 6.39. The Morgan fingerprint density at radius 3 is 2.74 bits per heavy atom. The number of nitrogens with one attached hydrogen (secondary N) is 3. The summed E-state index contributed by atoms with van der Waals surface area (Å²) >= 11 is 0. The lowest BCUT2D eigenvalue weighted by Crippen LogP contribution is -2.30. The van der Waals surface area contributed by atoms with Crippen LogP contribution in [0.2, 0.25) is 0 Å². The molecular formula is C17H23N7O3. The number of fused-ring (bicyclic) bond motifs is 1. The number of para-hydroxylation sites is 1. The summed E-state index contributed by atoms with van der Waals surface area (Å²) in [6.07, 6.45) is 0. The number of rotatable bonds is 8. The van der Waals surface area contributed by atoms with E-state index in [1.165, 1.54) is 7.11 Å². The van der Waals surface area contributed by atoms with Gasteiger partial charge in [0.25, 0.3) is 0 Å². The molecule has 2 aromatic heterocycles. The predicted octanol–water partition coefficient (Wildman–Crippen LogP) is 1.50. The van der Waals surface area contributed by atoms with Crippen molar-refractivity contribution in [2.45, 2.75) is 26.4 Å². The molecule has 144 valence electrons. The van der Waals surface area contributed by atoms with Gasteiger partial charge in [-0.2, -0.15) is 20.3 Å². The molecule has 0 fully saturated rings. The molecule has 10 heteroatoms. The number of anilines is 2. The minimum absolute atomic E-state index is 0.0433. The summed E-state index contributed by atoms with van der Waals surface area (Å²) in [6, 6.07) is 5.07. The first-order valence-corrected chi connectivity index (χ1v) is 8.58. The van der Waals surface area contributed by atoms with Crippen LogP contribution in [0.25, 0.3) is 11.2 Å². The quantitative estimate of drug-likeness (QED) is 0.397. The fraction of sp³-hybridized carbons (Fsp3) is 0.412. The number of H-pyrrole nitrogens is 1. The topological polar surface area (TPSA) is 141 Å². The highest BCUT2D eigenvalue weighted by Gasteiger charge is 2.17. The summed E-state index contributed by atoms with van der Waals surface area (Å²) < 4.78 is 5.13. The molecule has 0 spiro atoms. The predicted molar refractivity (Wildman–Crippen MR) is 101 cm³/mol. The number of phenols is 1. The Morgan fingerprint density at radius 1 is 1.22 bits per heavy atom. The van der Waals surface area contributed by atoms with Crippen molar-refractivity contribution in [3.05, 3.63) is 23.8 Å². The summed E-state index contributed by atoms with van der Waals surface area (Å²) in [5, 5.41) is 36.7. The normalized spacial score (nSPS) is 12.3. The van der Waals surface area contributed by atoms with Crippen LogP contribution in [0.5, 0.6) is 11.5 Å². The van der Waals surface area contributed by atoms with E-state index < -0.39 is 0 Å². The van der Waals surface area contributed by atoms with Crippen LogP contribution >= 0.6 is 0 Å². The fourth-order valence-corrected chi connectivity index (χ4v) is 2.58. The average molecular weight is 373 g/mol. The van der Waals surface area contributed by atoms with Gasteiger partial charge in [-0.25, -0.2) is 0 Å². The number of ether oxygens (including phenoxy) is 1. The number of hydrogen-bond acceptors (Lipinski definition) is 9. The van der Waals surface area contributed by atoms with Crippen molar-refractivity contribution in [3.8, 4) is 11.5 Å². The maximum atomic E-state index is 10.2. The molecule has 0 aliphatic heterocycles. The van der Waals surface area contributed by atoms with Gasteiger partial charge in [0, 0.05) is 12.1 Å². The molecule has 1 unspecified atom stereocenters. The van der Waals surface area contributed by atoms with E-state index in [0.29, 0.717) is 40.8 Å².